The Kier molecular flexibility index (Phi) is 6.54. The number of benzene rings is 1. The fraction of sp³-hybridized carbons (Fsp3) is 0.462. The van der Waals surface area contributed by atoms with Crippen LogP contribution in [0.1, 0.15) is 13.3 Å². The van der Waals surface area contributed by atoms with E-state index in [1.54, 1.807) is 38.3 Å². The number of carbonyl (C=O) groups excluding carboxylic acids is 1. The van der Waals surface area contributed by atoms with Crippen LogP contribution in [0.25, 0.3) is 0 Å². The average molecular weight is 272 g/mol. The molecule has 1 aromatic rings. The Hall–Kier alpha value is -1.26. The fourth-order valence-corrected chi connectivity index (χ4v) is 1.55. The van der Waals surface area contributed by atoms with Crippen LogP contribution in [0.3, 0.4) is 0 Å². The van der Waals surface area contributed by atoms with Crippen LogP contribution < -0.4 is 10.1 Å². The summed E-state index contributed by atoms with van der Waals surface area (Å²) in [7, 11) is 1.63. The Bertz CT molecular complexity index is 384. The first kappa shape index (κ1) is 14.8. The number of hydrogen-bond acceptors (Lipinski definition) is 3. The van der Waals surface area contributed by atoms with Gasteiger partial charge >= 0.3 is 0 Å². The van der Waals surface area contributed by atoms with Gasteiger partial charge in [0.15, 0.2) is 6.10 Å². The topological polar surface area (TPSA) is 47.6 Å². The van der Waals surface area contributed by atoms with Crippen molar-refractivity contribution in [2.45, 2.75) is 19.4 Å². The summed E-state index contributed by atoms with van der Waals surface area (Å²) in [6.07, 6.45) is 0.234. The molecule has 0 heterocycles. The first-order chi connectivity index (χ1) is 8.63. The van der Waals surface area contributed by atoms with Crippen molar-refractivity contribution in [3.05, 3.63) is 29.3 Å². The molecule has 0 aliphatic heterocycles. The SMILES string of the molecule is COCCCNC(=O)[C@H](C)Oc1cccc(Cl)c1. The van der Waals surface area contributed by atoms with Gasteiger partial charge in [-0.25, -0.2) is 0 Å². The fourth-order valence-electron chi connectivity index (χ4n) is 1.37. The van der Waals surface area contributed by atoms with Crippen LogP contribution in [0.5, 0.6) is 5.75 Å². The summed E-state index contributed by atoms with van der Waals surface area (Å²) in [6, 6.07) is 6.97. The molecule has 0 unspecified atom stereocenters. The third-order valence-corrected chi connectivity index (χ3v) is 2.54. The molecule has 0 bridgehead atoms. The summed E-state index contributed by atoms with van der Waals surface area (Å²) in [4.78, 5) is 11.7. The Morgan fingerprint density at radius 3 is 2.94 bits per heavy atom. The van der Waals surface area contributed by atoms with Crippen molar-refractivity contribution in [1.82, 2.24) is 5.32 Å². The van der Waals surface area contributed by atoms with E-state index in [1.807, 2.05) is 0 Å². The molecule has 1 atom stereocenters. The molecule has 5 heteroatoms. The summed E-state index contributed by atoms with van der Waals surface area (Å²) < 4.78 is 10.4. The molecule has 0 saturated carbocycles. The van der Waals surface area contributed by atoms with Crippen LogP contribution in [0.2, 0.25) is 5.02 Å². The van der Waals surface area contributed by atoms with Crippen LogP contribution >= 0.6 is 11.6 Å². The normalized spacial score (nSPS) is 11.9. The van der Waals surface area contributed by atoms with Gasteiger partial charge in [0.2, 0.25) is 0 Å². The van der Waals surface area contributed by atoms with E-state index in [2.05, 4.69) is 5.32 Å². The van der Waals surface area contributed by atoms with Gasteiger partial charge in [-0.15, -0.1) is 0 Å². The van der Waals surface area contributed by atoms with Gasteiger partial charge in [-0.1, -0.05) is 17.7 Å². The Balaban J connectivity index is 2.35. The summed E-state index contributed by atoms with van der Waals surface area (Å²) in [6.45, 7) is 2.91. The third kappa shape index (κ3) is 5.38. The largest absolute Gasteiger partial charge is 0.481 e. The highest BCUT2D eigenvalue weighted by Crippen LogP contribution is 2.18. The molecule has 0 aromatic heterocycles. The molecule has 1 rings (SSSR count). The highest BCUT2D eigenvalue weighted by atomic mass is 35.5. The monoisotopic (exact) mass is 271 g/mol. The second-order valence-electron chi connectivity index (χ2n) is 3.85. The van der Waals surface area contributed by atoms with E-state index >= 15 is 0 Å². The second-order valence-corrected chi connectivity index (χ2v) is 4.29. The van der Waals surface area contributed by atoms with Crippen molar-refractivity contribution in [2.24, 2.45) is 0 Å². The van der Waals surface area contributed by atoms with Crippen molar-refractivity contribution in [2.75, 3.05) is 20.3 Å². The maximum Gasteiger partial charge on any atom is 0.260 e. The van der Waals surface area contributed by atoms with Crippen LogP contribution in [0.15, 0.2) is 24.3 Å². The molecule has 1 N–H and O–H groups in total. The molecule has 1 amide bonds. The molecular weight excluding hydrogens is 254 g/mol. The molecule has 18 heavy (non-hydrogen) atoms. The molecule has 1 aromatic carbocycles. The molecule has 0 aliphatic carbocycles. The number of rotatable bonds is 7. The molecule has 0 fully saturated rings. The minimum absolute atomic E-state index is 0.147. The minimum Gasteiger partial charge on any atom is -0.481 e. The van der Waals surface area contributed by atoms with Gasteiger partial charge in [0, 0.05) is 25.3 Å². The summed E-state index contributed by atoms with van der Waals surface area (Å²) in [5.41, 5.74) is 0. The minimum atomic E-state index is -0.550. The lowest BCUT2D eigenvalue weighted by molar-refractivity contribution is -0.127. The van der Waals surface area contributed by atoms with Gasteiger partial charge in [-0.3, -0.25) is 4.79 Å². The number of ether oxygens (including phenoxy) is 2. The molecule has 4 nitrogen and oxygen atoms in total. The van der Waals surface area contributed by atoms with Crippen LogP contribution in [-0.4, -0.2) is 32.3 Å². The molecule has 0 aliphatic rings. The van der Waals surface area contributed by atoms with Gasteiger partial charge < -0.3 is 14.8 Å². The Labute approximate surface area is 112 Å². The van der Waals surface area contributed by atoms with Crippen LogP contribution in [0.4, 0.5) is 0 Å². The lowest BCUT2D eigenvalue weighted by atomic mass is 10.3. The molecule has 100 valence electrons. The average Bonchev–Trinajstić information content (AvgIpc) is 2.34. The van der Waals surface area contributed by atoms with Crippen LogP contribution in [-0.2, 0) is 9.53 Å². The van der Waals surface area contributed by atoms with E-state index in [0.29, 0.717) is 23.9 Å². The zero-order chi connectivity index (χ0) is 13.4. The lowest BCUT2D eigenvalue weighted by Gasteiger charge is -2.14. The summed E-state index contributed by atoms with van der Waals surface area (Å²) in [5.74, 6) is 0.438. The number of carbonyl (C=O) groups is 1. The van der Waals surface area contributed by atoms with Crippen LogP contribution in [0, 0.1) is 0 Å². The first-order valence-corrected chi connectivity index (χ1v) is 6.20. The van der Waals surface area contributed by atoms with Crippen molar-refractivity contribution in [3.8, 4) is 5.75 Å². The molecule has 0 radical (unpaired) electrons. The summed E-state index contributed by atoms with van der Waals surface area (Å²) in [5, 5.41) is 3.36. The quantitative estimate of drug-likeness (QED) is 0.774. The van der Waals surface area contributed by atoms with Crippen molar-refractivity contribution < 1.29 is 14.3 Å². The van der Waals surface area contributed by atoms with E-state index < -0.39 is 6.10 Å². The zero-order valence-electron chi connectivity index (χ0n) is 10.6. The van der Waals surface area contributed by atoms with Gasteiger partial charge in [-0.2, -0.15) is 0 Å². The predicted octanol–water partition coefficient (Wildman–Crippen LogP) is 2.26. The first-order valence-electron chi connectivity index (χ1n) is 5.82. The Morgan fingerprint density at radius 2 is 2.28 bits per heavy atom. The van der Waals surface area contributed by atoms with E-state index in [9.17, 15) is 4.79 Å². The zero-order valence-corrected chi connectivity index (χ0v) is 11.4. The second kappa shape index (κ2) is 7.95. The van der Waals surface area contributed by atoms with E-state index in [0.717, 1.165) is 6.42 Å². The molecule has 0 spiro atoms. The molecule has 0 saturated heterocycles. The standard InChI is InChI=1S/C13H18ClNO3/c1-10(13(16)15-7-4-8-17-2)18-12-6-3-5-11(14)9-12/h3,5-6,9-10H,4,7-8H2,1-2H3,(H,15,16)/t10-/m0/s1. The highest BCUT2D eigenvalue weighted by molar-refractivity contribution is 6.30. The lowest BCUT2D eigenvalue weighted by Crippen LogP contribution is -2.37. The number of amides is 1. The van der Waals surface area contributed by atoms with Crippen molar-refractivity contribution in [1.29, 1.82) is 0 Å². The Morgan fingerprint density at radius 1 is 1.50 bits per heavy atom. The van der Waals surface area contributed by atoms with E-state index in [4.69, 9.17) is 21.1 Å². The third-order valence-electron chi connectivity index (χ3n) is 2.30. The van der Waals surface area contributed by atoms with Gasteiger partial charge in [0.1, 0.15) is 5.75 Å². The number of hydrogen-bond donors (Lipinski definition) is 1. The maximum atomic E-state index is 11.7. The number of methoxy groups -OCH3 is 1. The molecular formula is C13H18ClNO3. The van der Waals surface area contributed by atoms with Gasteiger partial charge in [-0.05, 0) is 31.5 Å². The predicted molar refractivity (Wildman–Crippen MR) is 71.0 cm³/mol. The van der Waals surface area contributed by atoms with E-state index in [-0.39, 0.29) is 5.91 Å². The smallest absolute Gasteiger partial charge is 0.260 e. The summed E-state index contributed by atoms with van der Waals surface area (Å²) >= 11 is 5.83. The van der Waals surface area contributed by atoms with Crippen molar-refractivity contribution >= 4 is 17.5 Å². The van der Waals surface area contributed by atoms with E-state index in [1.165, 1.54) is 0 Å². The number of nitrogens with one attached hydrogen (secondary N) is 1. The van der Waals surface area contributed by atoms with Gasteiger partial charge in [0.25, 0.3) is 5.91 Å². The van der Waals surface area contributed by atoms with Crippen molar-refractivity contribution in [3.63, 3.8) is 0 Å². The highest BCUT2D eigenvalue weighted by Gasteiger charge is 2.13. The number of halogens is 1. The van der Waals surface area contributed by atoms with Gasteiger partial charge in [0.05, 0.1) is 0 Å². The maximum absolute atomic E-state index is 11.7.